The minimum Gasteiger partial charge on any atom is -0.474 e. The Morgan fingerprint density at radius 1 is 1.00 bits per heavy atom. The van der Waals surface area contributed by atoms with E-state index in [2.05, 4.69) is 4.90 Å². The van der Waals surface area contributed by atoms with Crippen LogP contribution in [0, 0.1) is 0 Å². The van der Waals surface area contributed by atoms with E-state index in [1.165, 1.54) is 0 Å². The Labute approximate surface area is 185 Å². The first kappa shape index (κ1) is 20.6. The van der Waals surface area contributed by atoms with Gasteiger partial charge in [-0.2, -0.15) is 0 Å². The van der Waals surface area contributed by atoms with Crippen molar-refractivity contribution in [3.05, 3.63) is 54.1 Å². The lowest BCUT2D eigenvalue weighted by Crippen LogP contribution is -2.44. The van der Waals surface area contributed by atoms with E-state index in [0.717, 1.165) is 29.4 Å². The number of esters is 1. The van der Waals surface area contributed by atoms with E-state index in [1.54, 1.807) is 6.92 Å². The fourth-order valence-electron chi connectivity index (χ4n) is 4.19. The van der Waals surface area contributed by atoms with Crippen molar-refractivity contribution in [2.24, 2.45) is 0 Å². The van der Waals surface area contributed by atoms with Crippen LogP contribution in [0.5, 0.6) is 5.75 Å². The molecule has 164 valence electrons. The first-order chi connectivity index (χ1) is 15.7. The average molecular weight is 431 g/mol. The topological polar surface area (TPSA) is 73.8 Å². The van der Waals surface area contributed by atoms with Gasteiger partial charge >= 0.3 is 5.97 Å². The van der Waals surface area contributed by atoms with Crippen LogP contribution in [0.4, 0.5) is 0 Å². The number of nitrogens with zero attached hydrogens (tertiary/aromatic N) is 3. The molecular weight excluding hydrogens is 406 g/mol. The van der Waals surface area contributed by atoms with E-state index >= 15 is 0 Å². The van der Waals surface area contributed by atoms with E-state index < -0.39 is 5.97 Å². The molecule has 0 spiro atoms. The quantitative estimate of drug-likeness (QED) is 0.267. The van der Waals surface area contributed by atoms with Crippen molar-refractivity contribution in [3.63, 3.8) is 0 Å². The Balaban J connectivity index is 1.78. The van der Waals surface area contributed by atoms with Crippen molar-refractivity contribution >= 4 is 38.8 Å². The molecule has 1 aliphatic rings. The summed E-state index contributed by atoms with van der Waals surface area (Å²) in [6, 6.07) is 15.5. The second-order valence-corrected chi connectivity index (χ2v) is 7.75. The van der Waals surface area contributed by atoms with Gasteiger partial charge in [-0.15, -0.1) is 0 Å². The standard InChI is InChI=1S/C25H25N3O4/c1-3-31-25(29)21-23-22(26-19-10-6-7-11-20(19)27-23)17-8-4-5-9-18(17)24(21)32-16(2)28-12-14-30-15-13-28/h4-11,16H,3,12-15H2,1-2H3. The van der Waals surface area contributed by atoms with Crippen LogP contribution < -0.4 is 4.74 Å². The zero-order chi connectivity index (χ0) is 22.1. The highest BCUT2D eigenvalue weighted by Crippen LogP contribution is 2.38. The van der Waals surface area contributed by atoms with Crippen LogP contribution in [0.1, 0.15) is 24.2 Å². The number of para-hydroxylation sites is 2. The zero-order valence-corrected chi connectivity index (χ0v) is 18.2. The number of aromatic nitrogens is 2. The van der Waals surface area contributed by atoms with Crippen LogP contribution in [0.25, 0.3) is 32.8 Å². The SMILES string of the molecule is CCOC(=O)c1c(OC(C)N2CCOCC2)c2ccccc2c2nc3ccccc3nc12. The van der Waals surface area contributed by atoms with Crippen molar-refractivity contribution < 1.29 is 19.0 Å². The molecule has 0 aliphatic carbocycles. The Morgan fingerprint density at radius 3 is 2.31 bits per heavy atom. The third-order valence-corrected chi connectivity index (χ3v) is 5.79. The van der Waals surface area contributed by atoms with Crippen LogP contribution >= 0.6 is 0 Å². The van der Waals surface area contributed by atoms with Gasteiger partial charge in [0.05, 0.1) is 36.4 Å². The van der Waals surface area contributed by atoms with Gasteiger partial charge in [0.2, 0.25) is 0 Å². The molecule has 32 heavy (non-hydrogen) atoms. The number of hydrogen-bond acceptors (Lipinski definition) is 7. The second-order valence-electron chi connectivity index (χ2n) is 7.75. The molecule has 0 radical (unpaired) electrons. The lowest BCUT2D eigenvalue weighted by molar-refractivity contribution is -0.0371. The summed E-state index contributed by atoms with van der Waals surface area (Å²) in [6.45, 7) is 6.90. The van der Waals surface area contributed by atoms with E-state index in [4.69, 9.17) is 24.2 Å². The molecule has 2 heterocycles. The van der Waals surface area contributed by atoms with Crippen molar-refractivity contribution in [1.29, 1.82) is 0 Å². The minimum atomic E-state index is -0.461. The predicted molar refractivity (Wildman–Crippen MR) is 123 cm³/mol. The zero-order valence-electron chi connectivity index (χ0n) is 18.2. The number of benzene rings is 3. The molecule has 0 saturated carbocycles. The number of rotatable bonds is 5. The smallest absolute Gasteiger partial charge is 0.344 e. The molecule has 1 fully saturated rings. The molecule has 0 N–H and O–H groups in total. The van der Waals surface area contributed by atoms with Crippen LogP contribution in [-0.2, 0) is 9.47 Å². The molecule has 1 saturated heterocycles. The summed E-state index contributed by atoms with van der Waals surface area (Å²) in [5.74, 6) is 0.0205. The largest absolute Gasteiger partial charge is 0.474 e. The molecule has 7 heteroatoms. The summed E-state index contributed by atoms with van der Waals surface area (Å²) >= 11 is 0. The lowest BCUT2D eigenvalue weighted by atomic mass is 10.0. The monoisotopic (exact) mass is 431 g/mol. The molecule has 1 unspecified atom stereocenters. The highest BCUT2D eigenvalue weighted by atomic mass is 16.5. The molecule has 3 aromatic carbocycles. The number of hydrogen-bond donors (Lipinski definition) is 0. The van der Waals surface area contributed by atoms with Crippen LogP contribution in [0.2, 0.25) is 0 Å². The maximum Gasteiger partial charge on any atom is 0.344 e. The number of carbonyl (C=O) groups is 1. The highest BCUT2D eigenvalue weighted by molar-refractivity contribution is 6.18. The lowest BCUT2D eigenvalue weighted by Gasteiger charge is -2.33. The van der Waals surface area contributed by atoms with Gasteiger partial charge in [0, 0.05) is 23.9 Å². The number of ether oxygens (including phenoxy) is 3. The molecule has 1 aliphatic heterocycles. The number of fused-ring (bicyclic) bond motifs is 4. The first-order valence-electron chi connectivity index (χ1n) is 10.9. The van der Waals surface area contributed by atoms with Gasteiger partial charge in [-0.25, -0.2) is 14.8 Å². The van der Waals surface area contributed by atoms with Gasteiger partial charge in [-0.1, -0.05) is 36.4 Å². The predicted octanol–water partition coefficient (Wildman–Crippen LogP) is 4.17. The van der Waals surface area contributed by atoms with Gasteiger partial charge in [0.15, 0.2) is 0 Å². The van der Waals surface area contributed by atoms with E-state index in [9.17, 15) is 4.79 Å². The van der Waals surface area contributed by atoms with Gasteiger partial charge < -0.3 is 14.2 Å². The van der Waals surface area contributed by atoms with Gasteiger partial charge in [-0.3, -0.25) is 4.90 Å². The molecule has 0 amide bonds. The molecule has 7 nitrogen and oxygen atoms in total. The van der Waals surface area contributed by atoms with Crippen LogP contribution in [0.3, 0.4) is 0 Å². The molecular formula is C25H25N3O4. The van der Waals surface area contributed by atoms with Gasteiger partial charge in [0.1, 0.15) is 23.1 Å². The normalized spacial score (nSPS) is 15.8. The molecule has 4 aromatic rings. The summed E-state index contributed by atoms with van der Waals surface area (Å²) in [7, 11) is 0. The first-order valence-corrected chi connectivity index (χ1v) is 10.9. The van der Waals surface area contributed by atoms with Gasteiger partial charge in [0.25, 0.3) is 0 Å². The van der Waals surface area contributed by atoms with Crippen LogP contribution in [0.15, 0.2) is 48.5 Å². The number of morpholine rings is 1. The maximum absolute atomic E-state index is 13.2. The Morgan fingerprint density at radius 2 is 1.62 bits per heavy atom. The molecule has 0 bridgehead atoms. The van der Waals surface area contributed by atoms with Crippen LogP contribution in [-0.4, -0.2) is 60.0 Å². The molecule has 5 rings (SSSR count). The highest BCUT2D eigenvalue weighted by Gasteiger charge is 2.27. The van der Waals surface area contributed by atoms with Crippen molar-refractivity contribution in [1.82, 2.24) is 14.9 Å². The minimum absolute atomic E-state index is 0.249. The summed E-state index contributed by atoms with van der Waals surface area (Å²) in [5.41, 5.74) is 2.96. The van der Waals surface area contributed by atoms with E-state index in [-0.39, 0.29) is 12.8 Å². The third-order valence-electron chi connectivity index (χ3n) is 5.79. The Kier molecular flexibility index (Phi) is 5.59. The van der Waals surface area contributed by atoms with Gasteiger partial charge in [-0.05, 0) is 26.0 Å². The molecule has 1 aromatic heterocycles. The average Bonchev–Trinajstić information content (AvgIpc) is 2.83. The summed E-state index contributed by atoms with van der Waals surface area (Å²) in [6.07, 6.45) is -0.249. The maximum atomic E-state index is 13.2. The van der Waals surface area contributed by atoms with E-state index in [1.807, 2.05) is 55.5 Å². The summed E-state index contributed by atoms with van der Waals surface area (Å²) < 4.78 is 17.4. The fourth-order valence-corrected chi connectivity index (χ4v) is 4.19. The second kappa shape index (κ2) is 8.68. The third kappa shape index (κ3) is 3.63. The molecule has 1 atom stereocenters. The Bertz CT molecular complexity index is 1300. The van der Waals surface area contributed by atoms with Crippen molar-refractivity contribution in [3.8, 4) is 5.75 Å². The summed E-state index contributed by atoms with van der Waals surface area (Å²) in [4.78, 5) is 25.1. The number of carbonyl (C=O) groups excluding carboxylic acids is 1. The fraction of sp³-hybridized carbons (Fsp3) is 0.320. The summed E-state index contributed by atoms with van der Waals surface area (Å²) in [5, 5.41) is 1.70. The van der Waals surface area contributed by atoms with Crippen molar-refractivity contribution in [2.45, 2.75) is 20.1 Å². The van der Waals surface area contributed by atoms with Crippen molar-refractivity contribution in [2.75, 3.05) is 32.9 Å². The van der Waals surface area contributed by atoms with E-state index in [0.29, 0.717) is 41.1 Å². The Hall–Kier alpha value is -3.29.